The van der Waals surface area contributed by atoms with E-state index in [1.807, 2.05) is 24.3 Å². The molecule has 0 saturated heterocycles. The van der Waals surface area contributed by atoms with Crippen molar-refractivity contribution in [2.24, 2.45) is 0 Å². The zero-order chi connectivity index (χ0) is 16.6. The Kier molecular flexibility index (Phi) is 4.46. The molecular formula is C15H13BrClN3O2S. The summed E-state index contributed by atoms with van der Waals surface area (Å²) in [6.45, 7) is 0.128. The van der Waals surface area contributed by atoms with E-state index < -0.39 is 10.0 Å². The van der Waals surface area contributed by atoms with Crippen molar-refractivity contribution in [2.75, 3.05) is 7.05 Å². The number of nitrogens with one attached hydrogen (secondary N) is 1. The summed E-state index contributed by atoms with van der Waals surface area (Å²) in [5, 5.41) is 0.177. The third-order valence-corrected chi connectivity index (χ3v) is 6.17. The first-order chi connectivity index (χ1) is 10.9. The van der Waals surface area contributed by atoms with E-state index in [2.05, 4.69) is 25.9 Å². The minimum absolute atomic E-state index is 0.0703. The number of nitrogens with zero attached hydrogens (tertiary/aromatic N) is 2. The van der Waals surface area contributed by atoms with Crippen LogP contribution in [0.1, 0.15) is 5.82 Å². The molecule has 5 nitrogen and oxygen atoms in total. The molecule has 0 spiro atoms. The van der Waals surface area contributed by atoms with Gasteiger partial charge >= 0.3 is 0 Å². The molecule has 3 rings (SSSR count). The number of para-hydroxylation sites is 2. The van der Waals surface area contributed by atoms with E-state index in [1.54, 1.807) is 12.1 Å². The number of rotatable bonds is 4. The molecule has 0 atom stereocenters. The molecule has 8 heteroatoms. The van der Waals surface area contributed by atoms with Crippen molar-refractivity contribution in [3.05, 3.63) is 57.8 Å². The second-order valence-electron chi connectivity index (χ2n) is 5.04. The van der Waals surface area contributed by atoms with Crippen molar-refractivity contribution >= 4 is 48.6 Å². The van der Waals surface area contributed by atoms with Crippen LogP contribution in [-0.2, 0) is 16.6 Å². The van der Waals surface area contributed by atoms with E-state index in [4.69, 9.17) is 11.6 Å². The molecule has 120 valence electrons. The molecule has 0 saturated carbocycles. The number of aromatic nitrogens is 2. The molecule has 0 radical (unpaired) electrons. The number of fused-ring (bicyclic) bond motifs is 1. The van der Waals surface area contributed by atoms with Crippen LogP contribution in [0.25, 0.3) is 11.0 Å². The van der Waals surface area contributed by atoms with Gasteiger partial charge in [0.05, 0.1) is 22.6 Å². The van der Waals surface area contributed by atoms with E-state index in [1.165, 1.54) is 17.4 Å². The van der Waals surface area contributed by atoms with Crippen molar-refractivity contribution in [1.82, 2.24) is 14.3 Å². The highest BCUT2D eigenvalue weighted by atomic mass is 79.9. The Morgan fingerprint density at radius 3 is 2.70 bits per heavy atom. The predicted octanol–water partition coefficient (Wildman–Crippen LogP) is 3.80. The van der Waals surface area contributed by atoms with E-state index in [0.717, 1.165) is 15.5 Å². The van der Waals surface area contributed by atoms with Gasteiger partial charge in [0, 0.05) is 11.5 Å². The van der Waals surface area contributed by atoms with Gasteiger partial charge < -0.3 is 4.98 Å². The Labute approximate surface area is 147 Å². The highest BCUT2D eigenvalue weighted by Crippen LogP contribution is 2.27. The molecule has 0 fully saturated rings. The van der Waals surface area contributed by atoms with Crippen molar-refractivity contribution in [3.8, 4) is 0 Å². The monoisotopic (exact) mass is 413 g/mol. The molecule has 0 unspecified atom stereocenters. The van der Waals surface area contributed by atoms with Crippen LogP contribution in [0.3, 0.4) is 0 Å². The molecular weight excluding hydrogens is 402 g/mol. The number of aromatic amines is 1. The number of hydrogen-bond donors (Lipinski definition) is 1. The van der Waals surface area contributed by atoms with Gasteiger partial charge in [-0.25, -0.2) is 13.4 Å². The van der Waals surface area contributed by atoms with Gasteiger partial charge in [-0.15, -0.1) is 0 Å². The Morgan fingerprint density at radius 1 is 1.26 bits per heavy atom. The number of H-pyrrole nitrogens is 1. The van der Waals surface area contributed by atoms with Gasteiger partial charge in [0.1, 0.15) is 10.7 Å². The molecule has 1 N–H and O–H groups in total. The van der Waals surface area contributed by atoms with Crippen molar-refractivity contribution in [1.29, 1.82) is 0 Å². The maximum atomic E-state index is 12.7. The Balaban J connectivity index is 1.90. The van der Waals surface area contributed by atoms with E-state index in [0.29, 0.717) is 5.82 Å². The first-order valence-corrected chi connectivity index (χ1v) is 9.34. The summed E-state index contributed by atoms with van der Waals surface area (Å²) in [6.07, 6.45) is 0. The Morgan fingerprint density at radius 2 is 2.00 bits per heavy atom. The van der Waals surface area contributed by atoms with E-state index >= 15 is 0 Å². The predicted molar refractivity (Wildman–Crippen MR) is 93.9 cm³/mol. The average Bonchev–Trinajstić information content (AvgIpc) is 2.88. The summed E-state index contributed by atoms with van der Waals surface area (Å²) in [5.74, 6) is 0.575. The number of hydrogen-bond acceptors (Lipinski definition) is 3. The Hall–Kier alpha value is -1.41. The van der Waals surface area contributed by atoms with Crippen LogP contribution in [-0.4, -0.2) is 29.7 Å². The molecule has 0 amide bonds. The molecule has 3 aromatic rings. The summed E-state index contributed by atoms with van der Waals surface area (Å²) >= 11 is 9.33. The number of benzene rings is 2. The van der Waals surface area contributed by atoms with Gasteiger partial charge in [0.15, 0.2) is 0 Å². The minimum Gasteiger partial charge on any atom is -0.341 e. The van der Waals surface area contributed by atoms with Gasteiger partial charge in [-0.05, 0) is 30.3 Å². The quantitative estimate of drug-likeness (QED) is 0.706. The summed E-state index contributed by atoms with van der Waals surface area (Å²) in [4.78, 5) is 7.58. The molecule has 2 aromatic carbocycles. The fraction of sp³-hybridized carbons (Fsp3) is 0.133. The summed E-state index contributed by atoms with van der Waals surface area (Å²) in [6, 6.07) is 12.2. The minimum atomic E-state index is -3.70. The molecule has 0 aliphatic rings. The lowest BCUT2D eigenvalue weighted by Gasteiger charge is -2.17. The fourth-order valence-corrected chi connectivity index (χ4v) is 4.37. The molecule has 0 bridgehead atoms. The Bertz CT molecular complexity index is 939. The second-order valence-corrected chi connectivity index (χ2v) is 8.37. The SMILES string of the molecule is CN(Cc1nc2ccccc2[nH]1)S(=O)(=O)c1ccc(Br)cc1Cl. The van der Waals surface area contributed by atoms with Crippen LogP contribution in [0, 0.1) is 0 Å². The molecule has 0 aliphatic heterocycles. The van der Waals surface area contributed by atoms with Crippen molar-refractivity contribution < 1.29 is 8.42 Å². The van der Waals surface area contributed by atoms with Crippen LogP contribution < -0.4 is 0 Å². The van der Waals surface area contributed by atoms with Gasteiger partial charge in [0.2, 0.25) is 10.0 Å². The highest BCUT2D eigenvalue weighted by molar-refractivity contribution is 9.10. The molecule has 1 aromatic heterocycles. The summed E-state index contributed by atoms with van der Waals surface area (Å²) < 4.78 is 27.3. The lowest BCUT2D eigenvalue weighted by atomic mass is 10.3. The topological polar surface area (TPSA) is 66.1 Å². The zero-order valence-electron chi connectivity index (χ0n) is 12.1. The smallest absolute Gasteiger partial charge is 0.244 e. The van der Waals surface area contributed by atoms with E-state index in [-0.39, 0.29) is 16.5 Å². The van der Waals surface area contributed by atoms with Gasteiger partial charge in [0.25, 0.3) is 0 Å². The fourth-order valence-electron chi connectivity index (χ4n) is 2.23. The zero-order valence-corrected chi connectivity index (χ0v) is 15.3. The average molecular weight is 415 g/mol. The first-order valence-electron chi connectivity index (χ1n) is 6.73. The lowest BCUT2D eigenvalue weighted by molar-refractivity contribution is 0.458. The number of halogens is 2. The second kappa shape index (κ2) is 6.24. The highest BCUT2D eigenvalue weighted by Gasteiger charge is 2.24. The third kappa shape index (κ3) is 3.28. The van der Waals surface area contributed by atoms with E-state index in [9.17, 15) is 8.42 Å². The third-order valence-electron chi connectivity index (χ3n) is 3.39. The lowest BCUT2D eigenvalue weighted by Crippen LogP contribution is -2.27. The summed E-state index contributed by atoms with van der Waals surface area (Å²) in [5.41, 5.74) is 1.67. The van der Waals surface area contributed by atoms with Crippen LogP contribution in [0.2, 0.25) is 5.02 Å². The standard InChI is InChI=1S/C15H13BrClN3O2S/c1-20(9-15-18-12-4-2-3-5-13(12)19-15)23(21,22)14-7-6-10(16)8-11(14)17/h2-8H,9H2,1H3,(H,18,19). The van der Waals surface area contributed by atoms with Crippen LogP contribution >= 0.6 is 27.5 Å². The molecule has 23 heavy (non-hydrogen) atoms. The molecule has 0 aliphatic carbocycles. The first kappa shape index (κ1) is 16.4. The van der Waals surface area contributed by atoms with Gasteiger partial charge in [-0.1, -0.05) is 39.7 Å². The van der Waals surface area contributed by atoms with Crippen molar-refractivity contribution in [3.63, 3.8) is 0 Å². The van der Waals surface area contributed by atoms with Crippen molar-refractivity contribution in [2.45, 2.75) is 11.4 Å². The van der Waals surface area contributed by atoms with Gasteiger partial charge in [-0.3, -0.25) is 0 Å². The number of sulfonamides is 1. The summed E-state index contributed by atoms with van der Waals surface area (Å²) in [7, 11) is -2.20. The molecule has 1 heterocycles. The maximum Gasteiger partial charge on any atom is 0.244 e. The normalized spacial score (nSPS) is 12.2. The maximum absolute atomic E-state index is 12.7. The van der Waals surface area contributed by atoms with Crippen LogP contribution in [0.15, 0.2) is 51.8 Å². The van der Waals surface area contributed by atoms with Gasteiger partial charge in [-0.2, -0.15) is 4.31 Å². The largest absolute Gasteiger partial charge is 0.341 e. The van der Waals surface area contributed by atoms with Crippen LogP contribution in [0.5, 0.6) is 0 Å². The number of imidazole rings is 1. The van der Waals surface area contributed by atoms with Crippen LogP contribution in [0.4, 0.5) is 0 Å².